The summed E-state index contributed by atoms with van der Waals surface area (Å²) in [4.78, 5) is 15.8. The van der Waals surface area contributed by atoms with Crippen LogP contribution in [-0.4, -0.2) is 21.8 Å². The van der Waals surface area contributed by atoms with Crippen molar-refractivity contribution in [1.82, 2.24) is 4.98 Å². The summed E-state index contributed by atoms with van der Waals surface area (Å²) in [6, 6.07) is 15.3. The number of rotatable bonds is 7. The summed E-state index contributed by atoms with van der Waals surface area (Å²) in [6.07, 6.45) is 3.31. The lowest BCUT2D eigenvalue weighted by Crippen LogP contribution is -2.02. The van der Waals surface area contributed by atoms with Crippen molar-refractivity contribution in [2.24, 2.45) is 0 Å². The molecule has 0 aliphatic heterocycles. The van der Waals surface area contributed by atoms with Crippen molar-refractivity contribution in [1.29, 1.82) is 5.41 Å². The topological polar surface area (TPSA) is 74.0 Å². The molecule has 3 rings (SSSR count). The first-order valence-electron chi connectivity index (χ1n) is 9.28. The molecule has 0 amide bonds. The first-order chi connectivity index (χ1) is 13.0. The highest BCUT2D eigenvalue weighted by Gasteiger charge is 2.10. The molecule has 0 fully saturated rings. The van der Waals surface area contributed by atoms with Crippen LogP contribution in [0.5, 0.6) is 0 Å². The van der Waals surface area contributed by atoms with E-state index in [0.717, 1.165) is 59.0 Å². The van der Waals surface area contributed by atoms with Gasteiger partial charge in [0.25, 0.3) is 0 Å². The number of hydrogen-bond donors (Lipinski definition) is 2. The summed E-state index contributed by atoms with van der Waals surface area (Å²) in [5.74, 6) is -0.899. The van der Waals surface area contributed by atoms with Crippen molar-refractivity contribution in [2.45, 2.75) is 39.5 Å². The number of pyridine rings is 1. The molecule has 0 radical (unpaired) electrons. The maximum Gasteiger partial charge on any atom is 0.335 e. The lowest BCUT2D eigenvalue weighted by Gasteiger charge is -2.11. The molecule has 1 heterocycles. The number of nitrogens with zero attached hydrogens (tertiary/aromatic N) is 1. The highest BCUT2D eigenvalue weighted by molar-refractivity contribution is 6.08. The van der Waals surface area contributed by atoms with Crippen LogP contribution in [0.3, 0.4) is 0 Å². The van der Waals surface area contributed by atoms with E-state index in [1.807, 2.05) is 19.1 Å². The molecule has 4 heteroatoms. The normalized spacial score (nSPS) is 10.9. The van der Waals surface area contributed by atoms with Crippen LogP contribution in [0.1, 0.15) is 52.5 Å². The minimum Gasteiger partial charge on any atom is -0.478 e. The number of aromatic nitrogens is 1. The molecule has 27 heavy (non-hydrogen) atoms. The number of benzene rings is 2. The Morgan fingerprint density at radius 3 is 2.52 bits per heavy atom. The van der Waals surface area contributed by atoms with Gasteiger partial charge in [0, 0.05) is 22.4 Å². The van der Waals surface area contributed by atoms with Crippen LogP contribution in [0.2, 0.25) is 0 Å². The first kappa shape index (κ1) is 18.8. The molecule has 0 aliphatic rings. The zero-order valence-corrected chi connectivity index (χ0v) is 15.7. The molecule has 2 aromatic carbocycles. The summed E-state index contributed by atoms with van der Waals surface area (Å²) in [5.41, 5.74) is 5.97. The number of nitrogens with one attached hydrogen (secondary N) is 1. The Bertz CT molecular complexity index is 1010. The fourth-order valence-electron chi connectivity index (χ4n) is 3.34. The van der Waals surface area contributed by atoms with Gasteiger partial charge in [0.05, 0.1) is 11.1 Å². The Hall–Kier alpha value is -3.01. The molecule has 0 saturated heterocycles. The van der Waals surface area contributed by atoms with E-state index in [2.05, 4.69) is 30.1 Å². The minimum absolute atomic E-state index is 0.322. The smallest absolute Gasteiger partial charge is 0.335 e. The molecule has 0 bridgehead atoms. The Morgan fingerprint density at radius 1 is 1.07 bits per heavy atom. The van der Waals surface area contributed by atoms with Crippen molar-refractivity contribution < 1.29 is 9.90 Å². The highest BCUT2D eigenvalue weighted by Crippen LogP contribution is 2.22. The quantitative estimate of drug-likeness (QED) is 0.569. The van der Waals surface area contributed by atoms with Gasteiger partial charge in [0.15, 0.2) is 0 Å². The van der Waals surface area contributed by atoms with Gasteiger partial charge in [-0.1, -0.05) is 37.6 Å². The molecular formula is C23H24N2O2. The van der Waals surface area contributed by atoms with E-state index in [0.29, 0.717) is 11.3 Å². The van der Waals surface area contributed by atoms with Gasteiger partial charge in [-0.15, -0.1) is 0 Å². The van der Waals surface area contributed by atoms with Crippen LogP contribution < -0.4 is 0 Å². The maximum absolute atomic E-state index is 11.1. The highest BCUT2D eigenvalue weighted by atomic mass is 16.4. The molecule has 0 saturated carbocycles. The molecule has 3 aromatic rings. The SMILES string of the molecule is CCCC(=N)c1cc(C)nc2cc(CCc3cccc(C(=O)O)c3)ccc12. The summed E-state index contributed by atoms with van der Waals surface area (Å²) >= 11 is 0. The fraction of sp³-hybridized carbons (Fsp3) is 0.261. The van der Waals surface area contributed by atoms with Crippen molar-refractivity contribution in [3.05, 3.63) is 76.5 Å². The minimum atomic E-state index is -0.899. The van der Waals surface area contributed by atoms with Gasteiger partial charge >= 0.3 is 5.97 Å². The lowest BCUT2D eigenvalue weighted by atomic mass is 9.97. The zero-order chi connectivity index (χ0) is 19.4. The standard InChI is InChI=1S/C23H24N2O2/c1-3-5-21(24)20-12-15(2)25-22-14-17(10-11-19(20)22)9-8-16-6-4-7-18(13-16)23(26)27/h4,6-7,10-14,24H,3,5,8-9H2,1-2H3,(H,26,27). The van der Waals surface area contributed by atoms with E-state index < -0.39 is 5.97 Å². The number of carboxylic acids is 1. The van der Waals surface area contributed by atoms with Crippen LogP contribution in [-0.2, 0) is 12.8 Å². The second-order valence-electron chi connectivity index (χ2n) is 6.90. The van der Waals surface area contributed by atoms with Gasteiger partial charge in [-0.3, -0.25) is 4.98 Å². The third-order valence-electron chi connectivity index (χ3n) is 4.70. The molecule has 0 aliphatic carbocycles. The Balaban J connectivity index is 1.85. The number of carboxylic acid groups (broad SMARTS) is 1. The summed E-state index contributed by atoms with van der Waals surface area (Å²) in [6.45, 7) is 4.05. The average molecular weight is 360 g/mol. The largest absolute Gasteiger partial charge is 0.478 e. The first-order valence-corrected chi connectivity index (χ1v) is 9.28. The van der Waals surface area contributed by atoms with Crippen LogP contribution in [0, 0.1) is 12.3 Å². The zero-order valence-electron chi connectivity index (χ0n) is 15.7. The van der Waals surface area contributed by atoms with E-state index in [9.17, 15) is 4.79 Å². The van der Waals surface area contributed by atoms with Gasteiger partial charge in [-0.25, -0.2) is 4.79 Å². The van der Waals surface area contributed by atoms with E-state index >= 15 is 0 Å². The Morgan fingerprint density at radius 2 is 1.81 bits per heavy atom. The average Bonchev–Trinajstić information content (AvgIpc) is 2.65. The molecule has 1 aromatic heterocycles. The summed E-state index contributed by atoms with van der Waals surface area (Å²) < 4.78 is 0. The van der Waals surface area contributed by atoms with Crippen molar-refractivity contribution >= 4 is 22.6 Å². The molecule has 138 valence electrons. The number of fused-ring (bicyclic) bond motifs is 1. The van der Waals surface area contributed by atoms with Gasteiger partial charge < -0.3 is 10.5 Å². The molecule has 0 spiro atoms. The number of aromatic carboxylic acids is 1. The number of carbonyl (C=O) groups is 1. The monoisotopic (exact) mass is 360 g/mol. The lowest BCUT2D eigenvalue weighted by molar-refractivity contribution is 0.0696. The third-order valence-corrected chi connectivity index (χ3v) is 4.70. The number of aryl methyl sites for hydroxylation is 3. The fourth-order valence-corrected chi connectivity index (χ4v) is 3.34. The van der Waals surface area contributed by atoms with Crippen LogP contribution in [0.15, 0.2) is 48.5 Å². The Kier molecular flexibility index (Phi) is 5.65. The van der Waals surface area contributed by atoms with Crippen LogP contribution in [0.25, 0.3) is 10.9 Å². The van der Waals surface area contributed by atoms with Crippen molar-refractivity contribution in [3.8, 4) is 0 Å². The third kappa shape index (κ3) is 4.40. The van der Waals surface area contributed by atoms with E-state index in [1.165, 1.54) is 0 Å². The van der Waals surface area contributed by atoms with Gasteiger partial charge in [-0.05, 0) is 61.6 Å². The molecule has 4 nitrogen and oxygen atoms in total. The molecular weight excluding hydrogens is 336 g/mol. The summed E-state index contributed by atoms with van der Waals surface area (Å²) in [7, 11) is 0. The number of hydrogen-bond acceptors (Lipinski definition) is 3. The Labute approximate surface area is 159 Å². The van der Waals surface area contributed by atoms with Crippen LogP contribution >= 0.6 is 0 Å². The second-order valence-corrected chi connectivity index (χ2v) is 6.90. The second kappa shape index (κ2) is 8.12. The van der Waals surface area contributed by atoms with Gasteiger partial charge in [0.2, 0.25) is 0 Å². The predicted octanol–water partition coefficient (Wildman–Crippen LogP) is 5.19. The van der Waals surface area contributed by atoms with E-state index in [1.54, 1.807) is 18.2 Å². The molecule has 0 unspecified atom stereocenters. The van der Waals surface area contributed by atoms with E-state index in [-0.39, 0.29) is 0 Å². The maximum atomic E-state index is 11.1. The molecule has 2 N–H and O–H groups in total. The predicted molar refractivity (Wildman–Crippen MR) is 109 cm³/mol. The van der Waals surface area contributed by atoms with Gasteiger partial charge in [0.1, 0.15) is 0 Å². The molecule has 0 atom stereocenters. The van der Waals surface area contributed by atoms with Crippen molar-refractivity contribution in [3.63, 3.8) is 0 Å². The van der Waals surface area contributed by atoms with E-state index in [4.69, 9.17) is 10.5 Å². The van der Waals surface area contributed by atoms with Crippen LogP contribution in [0.4, 0.5) is 0 Å². The van der Waals surface area contributed by atoms with Gasteiger partial charge in [-0.2, -0.15) is 0 Å². The van der Waals surface area contributed by atoms with Crippen molar-refractivity contribution in [2.75, 3.05) is 0 Å². The summed E-state index contributed by atoms with van der Waals surface area (Å²) in [5, 5.41) is 18.5.